The van der Waals surface area contributed by atoms with Crippen LogP contribution >= 0.6 is 35.0 Å². The summed E-state index contributed by atoms with van der Waals surface area (Å²) in [7, 11) is 1.17. The van der Waals surface area contributed by atoms with Crippen LogP contribution < -0.4 is 10.1 Å². The van der Waals surface area contributed by atoms with Crippen molar-refractivity contribution in [2.75, 3.05) is 26.0 Å². The monoisotopic (exact) mass is 573 g/mol. The second-order valence-electron chi connectivity index (χ2n) is 8.69. The van der Waals surface area contributed by atoms with Gasteiger partial charge in [-0.3, -0.25) is 14.4 Å². The van der Waals surface area contributed by atoms with E-state index in [1.165, 1.54) is 24.8 Å². The fraction of sp³-hybridized carbons (Fsp3) is 0.333. The number of allylic oxidation sites excluding steroid dienone is 1. The van der Waals surface area contributed by atoms with Crippen molar-refractivity contribution in [2.45, 2.75) is 25.8 Å². The molecule has 0 saturated heterocycles. The van der Waals surface area contributed by atoms with Crippen LogP contribution in [0.2, 0.25) is 10.0 Å². The molecule has 2 aliphatic heterocycles. The number of halogens is 2. The molecule has 2 aromatic rings. The van der Waals surface area contributed by atoms with Crippen LogP contribution in [0.25, 0.3) is 0 Å². The van der Waals surface area contributed by atoms with E-state index in [4.69, 9.17) is 32.7 Å². The highest BCUT2D eigenvalue weighted by Gasteiger charge is 2.45. The molecular formula is C27H25Cl2N3O5S. The Hall–Kier alpha value is -3.19. The quantitative estimate of drug-likeness (QED) is 0.385. The number of hydrogen-bond acceptors (Lipinski definition) is 7. The lowest BCUT2D eigenvalue weighted by molar-refractivity contribution is -0.150. The SMILES string of the molecule is CCOc1c(Cl)cc([C@H]2C(C#N)=C(SCC(=O)N3CCc4ccccc4C3)NC(=O)[C@H]2C(=O)OC)cc1Cl. The Kier molecular flexibility index (Phi) is 8.87. The van der Waals surface area contributed by atoms with Crippen LogP contribution in [-0.4, -0.2) is 48.7 Å². The molecule has 0 bridgehead atoms. The van der Waals surface area contributed by atoms with E-state index in [0.717, 1.165) is 23.7 Å². The number of rotatable bonds is 7. The van der Waals surface area contributed by atoms with Crippen LogP contribution in [0.1, 0.15) is 29.5 Å². The average Bonchev–Trinajstić information content (AvgIpc) is 2.92. The van der Waals surface area contributed by atoms with E-state index in [0.29, 0.717) is 25.3 Å². The van der Waals surface area contributed by atoms with Gasteiger partial charge in [-0.25, -0.2) is 0 Å². The number of benzene rings is 2. The van der Waals surface area contributed by atoms with Crippen LogP contribution in [0.3, 0.4) is 0 Å². The van der Waals surface area contributed by atoms with Crippen molar-refractivity contribution in [1.29, 1.82) is 5.26 Å². The molecular weight excluding hydrogens is 549 g/mol. The summed E-state index contributed by atoms with van der Waals surface area (Å²) < 4.78 is 10.4. The zero-order valence-electron chi connectivity index (χ0n) is 20.8. The highest BCUT2D eigenvalue weighted by atomic mass is 35.5. The Morgan fingerprint density at radius 1 is 1.21 bits per heavy atom. The molecule has 0 aliphatic carbocycles. The number of thioether (sulfide) groups is 1. The highest BCUT2D eigenvalue weighted by Crippen LogP contribution is 2.44. The minimum absolute atomic E-state index is 0.00333. The summed E-state index contributed by atoms with van der Waals surface area (Å²) >= 11 is 13.9. The van der Waals surface area contributed by atoms with Gasteiger partial charge in [-0.1, -0.05) is 59.2 Å². The van der Waals surface area contributed by atoms with E-state index >= 15 is 0 Å². The first-order valence-corrected chi connectivity index (χ1v) is 13.6. The third kappa shape index (κ3) is 5.63. The molecule has 2 heterocycles. The number of amides is 2. The topological polar surface area (TPSA) is 109 Å². The molecule has 0 radical (unpaired) electrons. The fourth-order valence-electron chi connectivity index (χ4n) is 4.65. The zero-order chi connectivity index (χ0) is 27.4. The summed E-state index contributed by atoms with van der Waals surface area (Å²) in [5.41, 5.74) is 2.81. The van der Waals surface area contributed by atoms with Crippen LogP contribution in [-0.2, 0) is 32.1 Å². The lowest BCUT2D eigenvalue weighted by Crippen LogP contribution is -2.44. The summed E-state index contributed by atoms with van der Waals surface area (Å²) in [4.78, 5) is 40.6. The lowest BCUT2D eigenvalue weighted by atomic mass is 9.78. The normalized spacial score (nSPS) is 18.8. The molecule has 2 aromatic carbocycles. The molecule has 11 heteroatoms. The molecule has 8 nitrogen and oxygen atoms in total. The number of carbonyl (C=O) groups excluding carboxylic acids is 3. The first kappa shape index (κ1) is 27.8. The molecule has 0 aromatic heterocycles. The number of methoxy groups -OCH3 is 1. The molecule has 2 amide bonds. The van der Waals surface area contributed by atoms with Crippen molar-refractivity contribution in [3.8, 4) is 11.8 Å². The maximum atomic E-state index is 13.1. The Balaban J connectivity index is 1.64. The number of carbonyl (C=O) groups is 3. The van der Waals surface area contributed by atoms with Crippen LogP contribution in [0.5, 0.6) is 5.75 Å². The highest BCUT2D eigenvalue weighted by molar-refractivity contribution is 8.03. The number of esters is 1. The van der Waals surface area contributed by atoms with Crippen molar-refractivity contribution in [1.82, 2.24) is 10.2 Å². The van der Waals surface area contributed by atoms with Crippen LogP contribution in [0.4, 0.5) is 0 Å². The van der Waals surface area contributed by atoms with E-state index in [2.05, 4.69) is 17.5 Å². The molecule has 1 N–H and O–H groups in total. The third-order valence-corrected chi connectivity index (χ3v) is 8.04. The zero-order valence-corrected chi connectivity index (χ0v) is 23.1. The molecule has 0 fully saturated rings. The Morgan fingerprint density at radius 3 is 2.53 bits per heavy atom. The first-order chi connectivity index (χ1) is 18.3. The maximum absolute atomic E-state index is 13.1. The Labute approximate surface area is 234 Å². The maximum Gasteiger partial charge on any atom is 0.319 e. The number of ether oxygens (including phenoxy) is 2. The summed E-state index contributed by atoms with van der Waals surface area (Å²) in [6, 6.07) is 13.2. The van der Waals surface area contributed by atoms with E-state index in [-0.39, 0.29) is 38.1 Å². The second kappa shape index (κ2) is 12.1. The van der Waals surface area contributed by atoms with Gasteiger partial charge in [0.2, 0.25) is 11.8 Å². The van der Waals surface area contributed by atoms with Gasteiger partial charge in [0, 0.05) is 19.0 Å². The van der Waals surface area contributed by atoms with Gasteiger partial charge in [0.1, 0.15) is 5.92 Å². The van der Waals surface area contributed by atoms with Gasteiger partial charge in [-0.2, -0.15) is 5.26 Å². The van der Waals surface area contributed by atoms with Gasteiger partial charge in [0.15, 0.2) is 5.75 Å². The summed E-state index contributed by atoms with van der Waals surface area (Å²) in [6.45, 7) is 3.20. The van der Waals surface area contributed by atoms with Crippen LogP contribution in [0.15, 0.2) is 47.0 Å². The predicted molar refractivity (Wildman–Crippen MR) is 145 cm³/mol. The Morgan fingerprint density at radius 2 is 1.89 bits per heavy atom. The fourth-order valence-corrected chi connectivity index (χ4v) is 6.22. The summed E-state index contributed by atoms with van der Waals surface area (Å²) in [6.07, 6.45) is 0.762. The number of fused-ring (bicyclic) bond motifs is 1. The molecule has 2 atom stereocenters. The van der Waals surface area contributed by atoms with Gasteiger partial charge in [0.05, 0.1) is 46.2 Å². The van der Waals surface area contributed by atoms with Gasteiger partial charge in [-0.15, -0.1) is 0 Å². The van der Waals surface area contributed by atoms with Crippen molar-refractivity contribution in [2.24, 2.45) is 5.92 Å². The molecule has 38 heavy (non-hydrogen) atoms. The number of nitriles is 1. The summed E-state index contributed by atoms with van der Waals surface area (Å²) in [5.74, 6) is -3.69. The standard InChI is InChI=1S/C27H25Cl2N3O5S/c1-3-37-24-19(28)10-17(11-20(24)29)22-18(12-30)26(31-25(34)23(22)27(35)36-2)38-14-21(33)32-9-8-15-6-4-5-7-16(15)13-32/h4-7,10-11,22-23H,3,8-9,13-14H2,1-2H3,(H,31,34)/t22-,23-/m0/s1. The average molecular weight is 574 g/mol. The number of nitrogens with one attached hydrogen (secondary N) is 1. The molecule has 198 valence electrons. The largest absolute Gasteiger partial charge is 0.491 e. The van der Waals surface area contributed by atoms with Gasteiger partial charge < -0.3 is 19.7 Å². The predicted octanol–water partition coefficient (Wildman–Crippen LogP) is 4.45. The van der Waals surface area contributed by atoms with Crippen LogP contribution in [0, 0.1) is 17.2 Å². The van der Waals surface area contributed by atoms with Crippen molar-refractivity contribution in [3.63, 3.8) is 0 Å². The smallest absolute Gasteiger partial charge is 0.319 e. The molecule has 4 rings (SSSR count). The molecule has 2 aliphatic rings. The number of nitrogens with zero attached hydrogens (tertiary/aromatic N) is 2. The minimum atomic E-state index is -1.35. The molecule has 0 spiro atoms. The lowest BCUT2D eigenvalue weighted by Gasteiger charge is -2.32. The van der Waals surface area contributed by atoms with Crippen molar-refractivity contribution < 1.29 is 23.9 Å². The molecule has 0 unspecified atom stereocenters. The second-order valence-corrected chi connectivity index (χ2v) is 10.5. The van der Waals surface area contributed by atoms with Gasteiger partial charge in [0.25, 0.3) is 0 Å². The number of hydrogen-bond donors (Lipinski definition) is 1. The first-order valence-electron chi connectivity index (χ1n) is 11.9. The van der Waals surface area contributed by atoms with Crippen molar-refractivity contribution in [3.05, 3.63) is 73.7 Å². The third-order valence-electron chi connectivity index (χ3n) is 6.48. The van der Waals surface area contributed by atoms with E-state index < -0.39 is 23.7 Å². The Bertz CT molecular complexity index is 1330. The van der Waals surface area contributed by atoms with E-state index in [1.54, 1.807) is 11.8 Å². The van der Waals surface area contributed by atoms with E-state index in [9.17, 15) is 19.6 Å². The summed E-state index contributed by atoms with van der Waals surface area (Å²) in [5, 5.41) is 13.3. The van der Waals surface area contributed by atoms with E-state index in [1.807, 2.05) is 18.2 Å². The van der Waals surface area contributed by atoms with Gasteiger partial charge >= 0.3 is 5.97 Å². The van der Waals surface area contributed by atoms with Crippen molar-refractivity contribution >= 4 is 52.7 Å². The molecule has 0 saturated carbocycles. The van der Waals surface area contributed by atoms with Gasteiger partial charge in [-0.05, 0) is 42.2 Å². The minimum Gasteiger partial charge on any atom is -0.491 e.